The number of nitrogens with zero attached hydrogens (tertiary/aromatic N) is 1. The Bertz CT molecular complexity index is 641. The predicted molar refractivity (Wildman–Crippen MR) is 81.7 cm³/mol. The highest BCUT2D eigenvalue weighted by Crippen LogP contribution is 2.36. The molecule has 5 heteroatoms. The number of aryl methyl sites for hydroxylation is 1. The van der Waals surface area contributed by atoms with E-state index in [0.29, 0.717) is 34.2 Å². The number of hydrogen-bond acceptors (Lipinski definition) is 4. The van der Waals surface area contributed by atoms with Crippen LogP contribution in [0.25, 0.3) is 11.3 Å². The van der Waals surface area contributed by atoms with E-state index in [1.54, 1.807) is 13.0 Å². The zero-order chi connectivity index (χ0) is 15.6. The van der Waals surface area contributed by atoms with Gasteiger partial charge >= 0.3 is 5.97 Å². The van der Waals surface area contributed by atoms with Gasteiger partial charge in [-0.3, -0.25) is 0 Å². The van der Waals surface area contributed by atoms with Gasteiger partial charge in [0.15, 0.2) is 5.76 Å². The first-order valence-corrected chi connectivity index (χ1v) is 7.27. The summed E-state index contributed by atoms with van der Waals surface area (Å²) in [5, 5.41) is 4.60. The summed E-state index contributed by atoms with van der Waals surface area (Å²) in [4.78, 5) is 12.3. The number of aromatic nitrogens is 1. The summed E-state index contributed by atoms with van der Waals surface area (Å²) in [6.07, 6.45) is 0. The van der Waals surface area contributed by atoms with E-state index >= 15 is 0 Å². The lowest BCUT2D eigenvalue weighted by molar-refractivity contribution is 0.0524. The van der Waals surface area contributed by atoms with Gasteiger partial charge in [-0.2, -0.15) is 0 Å². The fourth-order valence-corrected chi connectivity index (χ4v) is 2.51. The number of ether oxygens (including phenoxy) is 1. The molecule has 0 bridgehead atoms. The lowest BCUT2D eigenvalue weighted by Gasteiger charge is -2.08. The second-order valence-electron chi connectivity index (χ2n) is 5.08. The summed E-state index contributed by atoms with van der Waals surface area (Å²) in [5.41, 5.74) is 2.44. The molecule has 0 spiro atoms. The maximum Gasteiger partial charge on any atom is 0.344 e. The van der Waals surface area contributed by atoms with Crippen LogP contribution in [-0.2, 0) is 4.74 Å². The van der Waals surface area contributed by atoms with E-state index in [1.807, 2.05) is 32.9 Å². The van der Waals surface area contributed by atoms with E-state index in [0.717, 1.165) is 5.56 Å². The molecule has 0 aliphatic carbocycles. The molecular formula is C16H18ClNO3. The van der Waals surface area contributed by atoms with Gasteiger partial charge in [0.25, 0.3) is 0 Å². The van der Waals surface area contributed by atoms with Crippen LogP contribution in [0.5, 0.6) is 0 Å². The molecular weight excluding hydrogens is 290 g/mol. The molecule has 0 saturated heterocycles. The lowest BCUT2D eigenvalue weighted by Crippen LogP contribution is -2.09. The number of hydrogen-bond donors (Lipinski definition) is 0. The first-order valence-electron chi connectivity index (χ1n) is 6.89. The van der Waals surface area contributed by atoms with Gasteiger partial charge in [0, 0.05) is 11.5 Å². The minimum absolute atomic E-state index is 0.0217. The number of carbonyl (C=O) groups excluding carboxylic acids is 1. The molecule has 0 N–H and O–H groups in total. The zero-order valence-corrected chi connectivity index (χ0v) is 13.3. The highest BCUT2D eigenvalue weighted by atomic mass is 35.5. The van der Waals surface area contributed by atoms with Crippen molar-refractivity contribution in [2.75, 3.05) is 6.61 Å². The topological polar surface area (TPSA) is 52.3 Å². The van der Waals surface area contributed by atoms with E-state index in [9.17, 15) is 4.79 Å². The van der Waals surface area contributed by atoms with Gasteiger partial charge < -0.3 is 9.26 Å². The van der Waals surface area contributed by atoms with E-state index in [1.165, 1.54) is 0 Å². The highest BCUT2D eigenvalue weighted by molar-refractivity contribution is 6.33. The van der Waals surface area contributed by atoms with Crippen molar-refractivity contribution in [3.63, 3.8) is 0 Å². The van der Waals surface area contributed by atoms with Crippen molar-refractivity contribution in [2.45, 2.75) is 33.6 Å². The summed E-state index contributed by atoms with van der Waals surface area (Å²) in [6.45, 7) is 7.85. The molecule has 0 radical (unpaired) electrons. The Morgan fingerprint density at radius 3 is 2.71 bits per heavy atom. The van der Waals surface area contributed by atoms with Gasteiger partial charge in [0.1, 0.15) is 11.3 Å². The average molecular weight is 308 g/mol. The third kappa shape index (κ3) is 2.95. The maximum atomic E-state index is 12.3. The first kappa shape index (κ1) is 15.6. The molecule has 4 nitrogen and oxygen atoms in total. The highest BCUT2D eigenvalue weighted by Gasteiger charge is 2.28. The van der Waals surface area contributed by atoms with Crippen molar-refractivity contribution in [1.82, 2.24) is 5.16 Å². The largest absolute Gasteiger partial charge is 0.462 e. The first-order chi connectivity index (χ1) is 9.97. The van der Waals surface area contributed by atoms with Gasteiger partial charge in [-0.1, -0.05) is 42.7 Å². The van der Waals surface area contributed by atoms with Crippen molar-refractivity contribution in [2.24, 2.45) is 0 Å². The Morgan fingerprint density at radius 2 is 2.14 bits per heavy atom. The molecule has 2 rings (SSSR count). The molecule has 2 aromatic rings. The molecule has 0 saturated carbocycles. The SMILES string of the molecule is CCOC(=O)c1c(-c2c(C)cccc2Cl)noc1C(C)C. The van der Waals surface area contributed by atoms with Crippen LogP contribution in [0.2, 0.25) is 5.02 Å². The lowest BCUT2D eigenvalue weighted by atomic mass is 9.98. The van der Waals surface area contributed by atoms with Crippen LogP contribution in [0, 0.1) is 6.92 Å². The van der Waals surface area contributed by atoms with Crippen LogP contribution < -0.4 is 0 Å². The molecule has 0 unspecified atom stereocenters. The minimum atomic E-state index is -0.434. The molecule has 1 aromatic heterocycles. The number of benzene rings is 1. The average Bonchev–Trinajstić information content (AvgIpc) is 2.83. The third-order valence-electron chi connectivity index (χ3n) is 3.18. The van der Waals surface area contributed by atoms with Crippen LogP contribution in [0.4, 0.5) is 0 Å². The Hall–Kier alpha value is -1.81. The number of halogens is 1. The quantitative estimate of drug-likeness (QED) is 0.774. The van der Waals surface area contributed by atoms with Gasteiger partial charge in [-0.05, 0) is 25.5 Å². The number of esters is 1. The second-order valence-corrected chi connectivity index (χ2v) is 5.48. The molecule has 0 atom stereocenters. The molecule has 21 heavy (non-hydrogen) atoms. The smallest absolute Gasteiger partial charge is 0.344 e. The summed E-state index contributed by atoms with van der Waals surface area (Å²) in [7, 11) is 0. The van der Waals surface area contributed by atoms with Crippen molar-refractivity contribution in [1.29, 1.82) is 0 Å². The minimum Gasteiger partial charge on any atom is -0.462 e. The zero-order valence-electron chi connectivity index (χ0n) is 12.6. The van der Waals surface area contributed by atoms with E-state index in [2.05, 4.69) is 5.16 Å². The van der Waals surface area contributed by atoms with Crippen LogP contribution in [0.15, 0.2) is 22.7 Å². The van der Waals surface area contributed by atoms with Crippen LogP contribution >= 0.6 is 11.6 Å². The fraction of sp³-hybridized carbons (Fsp3) is 0.375. The second kappa shape index (κ2) is 6.31. The Labute approximate surface area is 129 Å². The van der Waals surface area contributed by atoms with Gasteiger partial charge in [0.2, 0.25) is 0 Å². The monoisotopic (exact) mass is 307 g/mol. The molecule has 0 fully saturated rings. The molecule has 1 aromatic carbocycles. The third-order valence-corrected chi connectivity index (χ3v) is 3.50. The Balaban J connectivity index is 2.67. The Morgan fingerprint density at radius 1 is 1.43 bits per heavy atom. The summed E-state index contributed by atoms with van der Waals surface area (Å²) in [5.74, 6) is 0.105. The van der Waals surface area contributed by atoms with Gasteiger partial charge in [-0.25, -0.2) is 4.79 Å². The summed E-state index contributed by atoms with van der Waals surface area (Å²) >= 11 is 6.27. The summed E-state index contributed by atoms with van der Waals surface area (Å²) in [6, 6.07) is 5.54. The fourth-order valence-electron chi connectivity index (χ4n) is 2.20. The van der Waals surface area contributed by atoms with Crippen molar-refractivity contribution in [3.8, 4) is 11.3 Å². The van der Waals surface area contributed by atoms with E-state index in [-0.39, 0.29) is 5.92 Å². The van der Waals surface area contributed by atoms with Crippen LogP contribution in [-0.4, -0.2) is 17.7 Å². The molecule has 0 aliphatic rings. The van der Waals surface area contributed by atoms with Crippen molar-refractivity contribution < 1.29 is 14.1 Å². The normalized spacial score (nSPS) is 11.0. The molecule has 1 heterocycles. The van der Waals surface area contributed by atoms with Crippen molar-refractivity contribution in [3.05, 3.63) is 40.1 Å². The maximum absolute atomic E-state index is 12.3. The van der Waals surface area contributed by atoms with Crippen molar-refractivity contribution >= 4 is 17.6 Å². The molecule has 0 aliphatic heterocycles. The number of carbonyl (C=O) groups is 1. The predicted octanol–water partition coefficient (Wildman–Crippen LogP) is 4.60. The van der Waals surface area contributed by atoms with Gasteiger partial charge in [0.05, 0.1) is 11.6 Å². The van der Waals surface area contributed by atoms with Gasteiger partial charge in [-0.15, -0.1) is 0 Å². The molecule has 0 amide bonds. The summed E-state index contributed by atoms with van der Waals surface area (Å²) < 4.78 is 10.5. The van der Waals surface area contributed by atoms with Crippen LogP contribution in [0.3, 0.4) is 0 Å². The van der Waals surface area contributed by atoms with E-state index < -0.39 is 5.97 Å². The Kier molecular flexibility index (Phi) is 4.68. The van der Waals surface area contributed by atoms with E-state index in [4.69, 9.17) is 20.9 Å². The number of rotatable bonds is 4. The standard InChI is InChI=1S/C16H18ClNO3/c1-5-20-16(19)13-14(18-21-15(13)9(2)3)12-10(4)7-6-8-11(12)17/h6-9H,5H2,1-4H3. The van der Waals surface area contributed by atoms with Crippen LogP contribution in [0.1, 0.15) is 48.4 Å². The molecule has 112 valence electrons.